The molecule has 1 N–H and O–H groups in total. The SMILES string of the molecule is CCN(C)C(=O)CNCc1cc2c(cc1Br)OCO2. The first-order chi connectivity index (χ1) is 9.11. The molecular weight excluding hydrogens is 312 g/mol. The molecule has 1 amide bonds. The molecule has 0 aromatic heterocycles. The fourth-order valence-electron chi connectivity index (χ4n) is 1.71. The van der Waals surface area contributed by atoms with Crippen molar-refractivity contribution < 1.29 is 14.3 Å². The van der Waals surface area contributed by atoms with Gasteiger partial charge >= 0.3 is 0 Å². The Hall–Kier alpha value is -1.27. The molecule has 0 fully saturated rings. The van der Waals surface area contributed by atoms with Gasteiger partial charge in [-0.05, 0) is 24.6 Å². The highest BCUT2D eigenvalue weighted by atomic mass is 79.9. The van der Waals surface area contributed by atoms with Gasteiger partial charge in [0.2, 0.25) is 12.7 Å². The summed E-state index contributed by atoms with van der Waals surface area (Å²) in [5.41, 5.74) is 1.04. The lowest BCUT2D eigenvalue weighted by atomic mass is 10.2. The molecule has 0 bridgehead atoms. The average molecular weight is 329 g/mol. The van der Waals surface area contributed by atoms with E-state index in [4.69, 9.17) is 9.47 Å². The molecule has 5 nitrogen and oxygen atoms in total. The van der Waals surface area contributed by atoms with Crippen LogP contribution in [0.25, 0.3) is 0 Å². The van der Waals surface area contributed by atoms with Gasteiger partial charge in [0.1, 0.15) is 0 Å². The third-order valence-electron chi connectivity index (χ3n) is 3.03. The maximum absolute atomic E-state index is 11.6. The van der Waals surface area contributed by atoms with Crippen LogP contribution in [-0.4, -0.2) is 37.7 Å². The molecule has 0 saturated carbocycles. The summed E-state index contributed by atoms with van der Waals surface area (Å²) in [4.78, 5) is 13.3. The Labute approximate surface area is 121 Å². The number of carbonyl (C=O) groups is 1. The van der Waals surface area contributed by atoms with E-state index in [-0.39, 0.29) is 12.7 Å². The molecule has 0 radical (unpaired) electrons. The minimum atomic E-state index is 0.0827. The summed E-state index contributed by atoms with van der Waals surface area (Å²) in [6.45, 7) is 3.85. The van der Waals surface area contributed by atoms with E-state index >= 15 is 0 Å². The number of hydrogen-bond acceptors (Lipinski definition) is 4. The molecule has 0 atom stereocenters. The van der Waals surface area contributed by atoms with Crippen molar-refractivity contribution >= 4 is 21.8 Å². The minimum absolute atomic E-state index is 0.0827. The number of ether oxygens (including phenoxy) is 2. The van der Waals surface area contributed by atoms with Crippen LogP contribution in [0.4, 0.5) is 0 Å². The number of hydrogen-bond donors (Lipinski definition) is 1. The number of nitrogens with one attached hydrogen (secondary N) is 1. The van der Waals surface area contributed by atoms with E-state index in [1.807, 2.05) is 19.1 Å². The third-order valence-corrected chi connectivity index (χ3v) is 3.77. The molecule has 1 aromatic rings. The van der Waals surface area contributed by atoms with Crippen molar-refractivity contribution in [1.82, 2.24) is 10.2 Å². The Morgan fingerprint density at radius 1 is 1.42 bits per heavy atom. The van der Waals surface area contributed by atoms with Crippen LogP contribution in [0.1, 0.15) is 12.5 Å². The first kappa shape index (κ1) is 14.1. The number of amides is 1. The standard InChI is InChI=1S/C13H17BrN2O3/c1-3-16(2)13(17)7-15-6-9-4-11-12(5-10(9)14)19-8-18-11/h4-5,15H,3,6-8H2,1-2H3. The van der Waals surface area contributed by atoms with Crippen LogP contribution in [0.3, 0.4) is 0 Å². The summed E-state index contributed by atoms with van der Waals surface area (Å²) in [7, 11) is 1.79. The Balaban J connectivity index is 1.91. The molecule has 6 heteroatoms. The number of benzene rings is 1. The van der Waals surface area contributed by atoms with E-state index in [9.17, 15) is 4.79 Å². The van der Waals surface area contributed by atoms with Gasteiger partial charge in [-0.3, -0.25) is 4.79 Å². The Bertz CT molecular complexity index is 479. The third kappa shape index (κ3) is 3.39. The van der Waals surface area contributed by atoms with Gasteiger partial charge in [-0.15, -0.1) is 0 Å². The van der Waals surface area contributed by atoms with Gasteiger partial charge in [0.05, 0.1) is 6.54 Å². The van der Waals surface area contributed by atoms with Crippen molar-refractivity contribution in [3.8, 4) is 11.5 Å². The summed E-state index contributed by atoms with van der Waals surface area (Å²) in [5, 5.41) is 3.13. The first-order valence-corrected chi connectivity index (χ1v) is 6.93. The lowest BCUT2D eigenvalue weighted by Crippen LogP contribution is -2.35. The van der Waals surface area contributed by atoms with Crippen LogP contribution in [0.5, 0.6) is 11.5 Å². The quantitative estimate of drug-likeness (QED) is 0.894. The van der Waals surface area contributed by atoms with Gasteiger partial charge in [0.25, 0.3) is 0 Å². The van der Waals surface area contributed by atoms with Crippen LogP contribution in [0.2, 0.25) is 0 Å². The molecule has 1 aliphatic heterocycles. The summed E-state index contributed by atoms with van der Waals surface area (Å²) >= 11 is 3.49. The summed E-state index contributed by atoms with van der Waals surface area (Å²) < 4.78 is 11.6. The fourth-order valence-corrected chi connectivity index (χ4v) is 2.17. The number of halogens is 1. The summed E-state index contributed by atoms with van der Waals surface area (Å²) in [6, 6.07) is 3.81. The van der Waals surface area contributed by atoms with Crippen molar-refractivity contribution in [2.24, 2.45) is 0 Å². The zero-order valence-electron chi connectivity index (χ0n) is 11.0. The molecule has 1 heterocycles. The topological polar surface area (TPSA) is 50.8 Å². The van der Waals surface area contributed by atoms with Crippen molar-refractivity contribution in [1.29, 1.82) is 0 Å². The average Bonchev–Trinajstić information content (AvgIpc) is 2.84. The summed E-state index contributed by atoms with van der Waals surface area (Å²) in [6.07, 6.45) is 0. The summed E-state index contributed by atoms with van der Waals surface area (Å²) in [5.74, 6) is 1.58. The van der Waals surface area contributed by atoms with Gasteiger partial charge in [0.15, 0.2) is 11.5 Å². The van der Waals surface area contributed by atoms with E-state index < -0.39 is 0 Å². The van der Waals surface area contributed by atoms with Gasteiger partial charge in [0, 0.05) is 24.6 Å². The highest BCUT2D eigenvalue weighted by Gasteiger charge is 2.16. The van der Waals surface area contributed by atoms with Crippen molar-refractivity contribution in [3.63, 3.8) is 0 Å². The molecule has 0 saturated heterocycles. The molecule has 0 unspecified atom stereocenters. The lowest BCUT2D eigenvalue weighted by molar-refractivity contribution is -0.128. The monoisotopic (exact) mass is 328 g/mol. The van der Waals surface area contributed by atoms with E-state index in [0.717, 1.165) is 21.5 Å². The second-order valence-corrected chi connectivity index (χ2v) is 5.16. The lowest BCUT2D eigenvalue weighted by Gasteiger charge is -2.15. The van der Waals surface area contributed by atoms with Crippen LogP contribution in [-0.2, 0) is 11.3 Å². The van der Waals surface area contributed by atoms with Crippen molar-refractivity contribution in [2.45, 2.75) is 13.5 Å². The molecule has 0 spiro atoms. The highest BCUT2D eigenvalue weighted by Crippen LogP contribution is 2.36. The number of rotatable bonds is 5. The van der Waals surface area contributed by atoms with Crippen LogP contribution in [0, 0.1) is 0 Å². The van der Waals surface area contributed by atoms with Gasteiger partial charge in [-0.1, -0.05) is 15.9 Å². The number of nitrogens with zero attached hydrogens (tertiary/aromatic N) is 1. The second kappa shape index (κ2) is 6.25. The smallest absolute Gasteiger partial charge is 0.236 e. The molecular formula is C13H17BrN2O3. The molecule has 104 valence electrons. The van der Waals surface area contributed by atoms with Crippen LogP contribution in [0.15, 0.2) is 16.6 Å². The second-order valence-electron chi connectivity index (χ2n) is 4.31. The molecule has 1 aromatic carbocycles. The zero-order valence-corrected chi connectivity index (χ0v) is 12.6. The highest BCUT2D eigenvalue weighted by molar-refractivity contribution is 9.10. The van der Waals surface area contributed by atoms with E-state index in [1.54, 1.807) is 11.9 Å². The Morgan fingerprint density at radius 3 is 2.79 bits per heavy atom. The van der Waals surface area contributed by atoms with E-state index in [0.29, 0.717) is 19.6 Å². The van der Waals surface area contributed by atoms with Crippen LogP contribution >= 0.6 is 15.9 Å². The number of fused-ring (bicyclic) bond motifs is 1. The number of carbonyl (C=O) groups excluding carboxylic acids is 1. The van der Waals surface area contributed by atoms with Crippen LogP contribution < -0.4 is 14.8 Å². The predicted octanol–water partition coefficient (Wildman–Crippen LogP) is 1.75. The Kier molecular flexibility index (Phi) is 4.66. The molecule has 19 heavy (non-hydrogen) atoms. The van der Waals surface area contributed by atoms with Crippen molar-refractivity contribution in [2.75, 3.05) is 26.9 Å². The molecule has 1 aliphatic rings. The largest absolute Gasteiger partial charge is 0.454 e. The van der Waals surface area contributed by atoms with Gasteiger partial charge in [-0.2, -0.15) is 0 Å². The molecule has 2 rings (SSSR count). The maximum Gasteiger partial charge on any atom is 0.236 e. The normalized spacial score (nSPS) is 12.6. The zero-order chi connectivity index (χ0) is 13.8. The first-order valence-electron chi connectivity index (χ1n) is 6.14. The van der Waals surface area contributed by atoms with Crippen molar-refractivity contribution in [3.05, 3.63) is 22.2 Å². The number of likely N-dealkylation sites (N-methyl/N-ethyl adjacent to an activating group) is 1. The predicted molar refractivity (Wildman–Crippen MR) is 75.3 cm³/mol. The van der Waals surface area contributed by atoms with E-state index in [2.05, 4.69) is 21.2 Å². The minimum Gasteiger partial charge on any atom is -0.454 e. The fraction of sp³-hybridized carbons (Fsp3) is 0.462. The van der Waals surface area contributed by atoms with Gasteiger partial charge < -0.3 is 19.7 Å². The van der Waals surface area contributed by atoms with E-state index in [1.165, 1.54) is 0 Å². The molecule has 0 aliphatic carbocycles. The maximum atomic E-state index is 11.6. The van der Waals surface area contributed by atoms with Gasteiger partial charge in [-0.25, -0.2) is 0 Å². The Morgan fingerprint density at radius 2 is 2.11 bits per heavy atom.